The van der Waals surface area contributed by atoms with E-state index < -0.39 is 0 Å². The Balaban J connectivity index is 2.27. The molecule has 3 N–H and O–H groups in total. The van der Waals surface area contributed by atoms with Gasteiger partial charge in [-0.2, -0.15) is 0 Å². The molecule has 10 heavy (non-hydrogen) atoms. The van der Waals surface area contributed by atoms with Gasteiger partial charge in [0.25, 0.3) is 0 Å². The van der Waals surface area contributed by atoms with Gasteiger partial charge in [-0.25, -0.2) is 5.90 Å². The van der Waals surface area contributed by atoms with Crippen LogP contribution >= 0.6 is 0 Å². The number of nitrogens with two attached hydrogens (primary N) is 1. The highest BCUT2D eigenvalue weighted by atomic mass is 16.6. The molecule has 3 nitrogen and oxygen atoms in total. The van der Waals surface area contributed by atoms with E-state index >= 15 is 0 Å². The third-order valence-corrected chi connectivity index (χ3v) is 2.45. The quantitative estimate of drug-likeness (QED) is 0.564. The maximum Gasteiger partial charge on any atom is 0.0736 e. The summed E-state index contributed by atoms with van der Waals surface area (Å²) in [6.45, 7) is 0.858. The van der Waals surface area contributed by atoms with Crippen LogP contribution in [0.5, 0.6) is 0 Å². The van der Waals surface area contributed by atoms with E-state index in [0.717, 1.165) is 19.3 Å². The molecule has 0 unspecified atom stereocenters. The minimum atomic E-state index is 0.226. The van der Waals surface area contributed by atoms with Crippen LogP contribution in [-0.4, -0.2) is 18.3 Å². The van der Waals surface area contributed by atoms with Crippen molar-refractivity contribution in [2.45, 2.75) is 25.7 Å². The molecule has 0 atom stereocenters. The Bertz CT molecular complexity index is 93.8. The van der Waals surface area contributed by atoms with Gasteiger partial charge in [0.15, 0.2) is 0 Å². The topological polar surface area (TPSA) is 55.5 Å². The maximum absolute atomic E-state index is 8.70. The van der Waals surface area contributed by atoms with E-state index in [-0.39, 0.29) is 12.0 Å². The largest absolute Gasteiger partial charge is 0.396 e. The fraction of sp³-hybridized carbons (Fsp3) is 1.00. The van der Waals surface area contributed by atoms with E-state index in [1.54, 1.807) is 0 Å². The second kappa shape index (κ2) is 3.32. The van der Waals surface area contributed by atoms with Crippen molar-refractivity contribution in [1.29, 1.82) is 0 Å². The highest BCUT2D eigenvalue weighted by Crippen LogP contribution is 2.43. The fourth-order valence-corrected chi connectivity index (χ4v) is 1.56. The van der Waals surface area contributed by atoms with Gasteiger partial charge in [0.2, 0.25) is 0 Å². The Morgan fingerprint density at radius 2 is 2.20 bits per heavy atom. The molecule has 1 aliphatic rings. The van der Waals surface area contributed by atoms with Crippen molar-refractivity contribution in [3.63, 3.8) is 0 Å². The summed E-state index contributed by atoms with van der Waals surface area (Å²) in [5.74, 6) is 4.97. The van der Waals surface area contributed by atoms with Gasteiger partial charge in [-0.1, -0.05) is 6.42 Å². The van der Waals surface area contributed by atoms with Crippen molar-refractivity contribution < 1.29 is 9.94 Å². The predicted molar refractivity (Wildman–Crippen MR) is 38.1 cm³/mol. The number of aliphatic hydroxyl groups excluding tert-OH is 1. The van der Waals surface area contributed by atoms with Gasteiger partial charge >= 0.3 is 0 Å². The highest BCUT2D eigenvalue weighted by Gasteiger charge is 2.36. The molecular weight excluding hydrogens is 130 g/mol. The molecule has 0 aliphatic heterocycles. The SMILES string of the molecule is NOCC1(CCO)CCC1. The van der Waals surface area contributed by atoms with E-state index in [1.807, 2.05) is 0 Å². The zero-order valence-corrected chi connectivity index (χ0v) is 6.18. The van der Waals surface area contributed by atoms with Gasteiger partial charge in [0, 0.05) is 6.61 Å². The van der Waals surface area contributed by atoms with Crippen molar-refractivity contribution in [3.8, 4) is 0 Å². The molecule has 0 bridgehead atoms. The Morgan fingerprint density at radius 3 is 2.50 bits per heavy atom. The zero-order chi connectivity index (χ0) is 7.45. The summed E-state index contributed by atoms with van der Waals surface area (Å²) < 4.78 is 0. The van der Waals surface area contributed by atoms with Crippen LogP contribution < -0.4 is 5.90 Å². The lowest BCUT2D eigenvalue weighted by molar-refractivity contribution is -0.0224. The Morgan fingerprint density at radius 1 is 1.50 bits per heavy atom. The molecule has 3 heteroatoms. The van der Waals surface area contributed by atoms with Crippen LogP contribution in [-0.2, 0) is 4.84 Å². The van der Waals surface area contributed by atoms with Crippen LogP contribution in [0.2, 0.25) is 0 Å². The molecular formula is C7H15NO2. The van der Waals surface area contributed by atoms with Crippen LogP contribution in [0.3, 0.4) is 0 Å². The minimum absolute atomic E-state index is 0.226. The standard InChI is InChI=1S/C7H15NO2/c8-10-6-7(4-5-9)2-1-3-7/h9H,1-6,8H2. The van der Waals surface area contributed by atoms with Gasteiger partial charge < -0.3 is 9.94 Å². The van der Waals surface area contributed by atoms with Crippen molar-refractivity contribution in [3.05, 3.63) is 0 Å². The molecule has 1 aliphatic carbocycles. The van der Waals surface area contributed by atoms with Gasteiger partial charge in [0.05, 0.1) is 6.61 Å². The average molecular weight is 145 g/mol. The molecule has 1 rings (SSSR count). The number of hydrogen-bond acceptors (Lipinski definition) is 3. The molecule has 0 heterocycles. The molecule has 1 saturated carbocycles. The summed E-state index contributed by atoms with van der Waals surface area (Å²) in [6.07, 6.45) is 4.41. The third-order valence-electron chi connectivity index (χ3n) is 2.45. The Hall–Kier alpha value is -0.120. The molecule has 0 radical (unpaired) electrons. The van der Waals surface area contributed by atoms with Crippen LogP contribution in [0, 0.1) is 5.41 Å². The van der Waals surface area contributed by atoms with Crippen molar-refractivity contribution >= 4 is 0 Å². The second-order valence-corrected chi connectivity index (χ2v) is 3.14. The van der Waals surface area contributed by atoms with Gasteiger partial charge in [0.1, 0.15) is 0 Å². The van der Waals surface area contributed by atoms with Crippen molar-refractivity contribution in [2.24, 2.45) is 11.3 Å². The van der Waals surface area contributed by atoms with Gasteiger partial charge in [-0.15, -0.1) is 0 Å². The van der Waals surface area contributed by atoms with Crippen LogP contribution in [0.1, 0.15) is 25.7 Å². The van der Waals surface area contributed by atoms with Gasteiger partial charge in [-0.05, 0) is 24.7 Å². The van der Waals surface area contributed by atoms with E-state index in [9.17, 15) is 0 Å². The molecule has 60 valence electrons. The summed E-state index contributed by atoms with van der Waals surface area (Å²) in [4.78, 5) is 4.59. The van der Waals surface area contributed by atoms with Crippen LogP contribution in [0.25, 0.3) is 0 Å². The summed E-state index contributed by atoms with van der Waals surface area (Å²) >= 11 is 0. The molecule has 1 fully saturated rings. The van der Waals surface area contributed by atoms with Gasteiger partial charge in [-0.3, -0.25) is 0 Å². The Kier molecular flexibility index (Phi) is 2.65. The second-order valence-electron chi connectivity index (χ2n) is 3.14. The molecule has 0 amide bonds. The van der Waals surface area contributed by atoms with E-state index in [2.05, 4.69) is 4.84 Å². The summed E-state index contributed by atoms with van der Waals surface area (Å²) in [5, 5.41) is 8.70. The lowest BCUT2D eigenvalue weighted by Gasteiger charge is -2.40. The van der Waals surface area contributed by atoms with E-state index in [0.29, 0.717) is 6.61 Å². The maximum atomic E-state index is 8.70. The van der Waals surface area contributed by atoms with E-state index in [4.69, 9.17) is 11.0 Å². The zero-order valence-electron chi connectivity index (χ0n) is 6.18. The molecule has 0 aromatic carbocycles. The lowest BCUT2D eigenvalue weighted by atomic mass is 9.67. The van der Waals surface area contributed by atoms with E-state index in [1.165, 1.54) is 6.42 Å². The fourth-order valence-electron chi connectivity index (χ4n) is 1.56. The van der Waals surface area contributed by atoms with Crippen LogP contribution in [0.15, 0.2) is 0 Å². The molecule has 0 aromatic heterocycles. The smallest absolute Gasteiger partial charge is 0.0736 e. The Labute approximate surface area is 61.1 Å². The number of aliphatic hydroxyl groups is 1. The molecule has 0 spiro atoms. The summed E-state index contributed by atoms with van der Waals surface area (Å²) in [6, 6.07) is 0. The summed E-state index contributed by atoms with van der Waals surface area (Å²) in [7, 11) is 0. The first-order valence-electron chi connectivity index (χ1n) is 3.75. The number of rotatable bonds is 4. The lowest BCUT2D eigenvalue weighted by Crippen LogP contribution is -2.36. The molecule has 0 saturated heterocycles. The third kappa shape index (κ3) is 1.48. The normalized spacial score (nSPS) is 22.2. The van der Waals surface area contributed by atoms with Crippen LogP contribution in [0.4, 0.5) is 0 Å². The minimum Gasteiger partial charge on any atom is -0.396 e. The monoisotopic (exact) mass is 145 g/mol. The van der Waals surface area contributed by atoms with Crippen molar-refractivity contribution in [2.75, 3.05) is 13.2 Å². The average Bonchev–Trinajstić information content (AvgIpc) is 1.84. The van der Waals surface area contributed by atoms with Crippen molar-refractivity contribution in [1.82, 2.24) is 0 Å². The highest BCUT2D eigenvalue weighted by molar-refractivity contribution is 4.86. The number of hydrogen-bond donors (Lipinski definition) is 2. The first-order chi connectivity index (χ1) is 4.83. The first-order valence-corrected chi connectivity index (χ1v) is 3.75. The molecule has 0 aromatic rings. The predicted octanol–water partition coefficient (Wildman–Crippen LogP) is 0.429. The summed E-state index contributed by atoms with van der Waals surface area (Å²) in [5.41, 5.74) is 0.226. The first kappa shape index (κ1) is 7.98.